The summed E-state index contributed by atoms with van der Waals surface area (Å²) in [7, 11) is 0. The van der Waals surface area contributed by atoms with E-state index >= 15 is 0 Å². The summed E-state index contributed by atoms with van der Waals surface area (Å²) in [6, 6.07) is 26.5. The van der Waals surface area contributed by atoms with Crippen LogP contribution in [0.5, 0.6) is 0 Å². The van der Waals surface area contributed by atoms with Gasteiger partial charge in [-0.1, -0.05) is 86.6 Å². The van der Waals surface area contributed by atoms with Crippen LogP contribution in [-0.2, 0) is 21.7 Å². The fourth-order valence-corrected chi connectivity index (χ4v) is 4.09. The van der Waals surface area contributed by atoms with Crippen LogP contribution < -0.4 is 11.1 Å². The van der Waals surface area contributed by atoms with E-state index in [1.807, 2.05) is 98.8 Å². The number of nitrogens with two attached hydrogens (primary N) is 1. The Morgan fingerprint density at radius 3 is 2.00 bits per heavy atom. The van der Waals surface area contributed by atoms with Gasteiger partial charge in [-0.05, 0) is 34.7 Å². The van der Waals surface area contributed by atoms with E-state index in [1.165, 1.54) is 4.90 Å². The molecule has 4 rings (SSSR count). The molecule has 0 aliphatic carbocycles. The molecule has 0 bridgehead atoms. The third-order valence-electron chi connectivity index (χ3n) is 5.67. The van der Waals surface area contributed by atoms with Crippen molar-refractivity contribution in [2.45, 2.75) is 32.4 Å². The highest BCUT2D eigenvalue weighted by Gasteiger charge is 2.50. The first kappa shape index (κ1) is 22.3. The first-order valence-corrected chi connectivity index (χ1v) is 11.1. The number of aliphatic imine (C=N–C) groups is 1. The van der Waals surface area contributed by atoms with Gasteiger partial charge in [-0.15, -0.1) is 0 Å². The Morgan fingerprint density at radius 2 is 1.48 bits per heavy atom. The largest absolute Gasteiger partial charge is 0.369 e. The summed E-state index contributed by atoms with van der Waals surface area (Å²) in [6.45, 7) is 4.30. The van der Waals surface area contributed by atoms with Gasteiger partial charge in [0.15, 0.2) is 11.5 Å². The van der Waals surface area contributed by atoms with Gasteiger partial charge >= 0.3 is 0 Å². The van der Waals surface area contributed by atoms with Gasteiger partial charge in [0, 0.05) is 12.1 Å². The summed E-state index contributed by atoms with van der Waals surface area (Å²) in [5, 5.41) is 2.90. The zero-order valence-electron chi connectivity index (χ0n) is 18.9. The number of benzene rings is 3. The zero-order chi connectivity index (χ0) is 23.4. The van der Waals surface area contributed by atoms with Crippen molar-refractivity contribution in [2.75, 3.05) is 5.32 Å². The minimum absolute atomic E-state index is 0.0145. The Morgan fingerprint density at radius 1 is 0.939 bits per heavy atom. The van der Waals surface area contributed by atoms with Gasteiger partial charge in [0.25, 0.3) is 5.91 Å². The van der Waals surface area contributed by atoms with E-state index in [4.69, 9.17) is 10.7 Å². The smallest absolute Gasteiger partial charge is 0.266 e. The van der Waals surface area contributed by atoms with E-state index in [0.717, 1.165) is 22.4 Å². The van der Waals surface area contributed by atoms with E-state index in [9.17, 15) is 9.59 Å². The number of rotatable bonds is 7. The topological polar surface area (TPSA) is 87.8 Å². The molecule has 3 aromatic carbocycles. The molecule has 0 spiro atoms. The van der Waals surface area contributed by atoms with Crippen molar-refractivity contribution in [1.29, 1.82) is 0 Å². The molecule has 0 atom stereocenters. The molecule has 0 unspecified atom stereocenters. The molecule has 0 aromatic heterocycles. The summed E-state index contributed by atoms with van der Waals surface area (Å²) < 4.78 is 0. The van der Waals surface area contributed by atoms with E-state index in [2.05, 4.69) is 5.32 Å². The number of nitrogens with one attached hydrogen (secondary N) is 1. The minimum Gasteiger partial charge on any atom is -0.369 e. The Bertz CT molecular complexity index is 1120. The number of guanidine groups is 1. The van der Waals surface area contributed by atoms with Crippen molar-refractivity contribution >= 4 is 23.5 Å². The molecule has 6 nitrogen and oxygen atoms in total. The highest BCUT2D eigenvalue weighted by atomic mass is 16.2. The summed E-state index contributed by atoms with van der Waals surface area (Å²) in [4.78, 5) is 32.1. The number of carbonyl (C=O) groups is 2. The van der Waals surface area contributed by atoms with E-state index in [1.54, 1.807) is 0 Å². The molecule has 33 heavy (non-hydrogen) atoms. The van der Waals surface area contributed by atoms with Crippen LogP contribution in [0, 0.1) is 5.92 Å². The number of hydrogen-bond acceptors (Lipinski definition) is 4. The monoisotopic (exact) mass is 440 g/mol. The second kappa shape index (κ2) is 9.28. The quantitative estimate of drug-likeness (QED) is 0.575. The van der Waals surface area contributed by atoms with Gasteiger partial charge in [0.1, 0.15) is 0 Å². The van der Waals surface area contributed by atoms with Gasteiger partial charge in [0.05, 0.1) is 6.54 Å². The van der Waals surface area contributed by atoms with Gasteiger partial charge < -0.3 is 11.1 Å². The van der Waals surface area contributed by atoms with Crippen molar-refractivity contribution in [3.63, 3.8) is 0 Å². The lowest BCUT2D eigenvalue weighted by molar-refractivity contribution is -0.130. The second-order valence-electron chi connectivity index (χ2n) is 8.65. The highest BCUT2D eigenvalue weighted by Crippen LogP contribution is 2.39. The van der Waals surface area contributed by atoms with Gasteiger partial charge in [-0.3, -0.25) is 14.5 Å². The maximum absolute atomic E-state index is 13.8. The van der Waals surface area contributed by atoms with E-state index in [0.29, 0.717) is 12.3 Å². The van der Waals surface area contributed by atoms with Gasteiger partial charge in [-0.2, -0.15) is 0 Å². The first-order valence-electron chi connectivity index (χ1n) is 11.1. The van der Waals surface area contributed by atoms with Crippen LogP contribution in [0.15, 0.2) is 89.9 Å². The Balaban J connectivity index is 1.59. The predicted octanol–water partition coefficient (Wildman–Crippen LogP) is 4.27. The number of nitrogens with zero attached hydrogens (tertiary/aromatic N) is 2. The second-order valence-corrected chi connectivity index (χ2v) is 8.65. The SMILES string of the molecule is CC(C)CC(=O)Nc1ccc(CN2C(=O)C(c3ccccc3)(c3ccccc3)N=C2N)cc1. The van der Waals surface area contributed by atoms with Crippen molar-refractivity contribution in [2.24, 2.45) is 16.6 Å². The third kappa shape index (κ3) is 4.51. The van der Waals surface area contributed by atoms with Crippen LogP contribution >= 0.6 is 0 Å². The average Bonchev–Trinajstić information content (AvgIpc) is 3.06. The Labute approximate surface area is 194 Å². The molecule has 0 saturated carbocycles. The van der Waals surface area contributed by atoms with Gasteiger partial charge in [-0.25, -0.2) is 4.99 Å². The summed E-state index contributed by atoms with van der Waals surface area (Å²) >= 11 is 0. The molecule has 3 N–H and O–H groups in total. The van der Waals surface area contributed by atoms with Crippen LogP contribution in [0.3, 0.4) is 0 Å². The maximum Gasteiger partial charge on any atom is 0.266 e. The standard InChI is InChI=1S/C27H28N4O2/c1-19(2)17-24(32)29-23-15-13-20(14-16-23)18-31-25(33)27(30-26(31)28,21-9-5-3-6-10-21)22-11-7-4-8-12-22/h3-16,19H,17-18H2,1-2H3,(H2,28,30)(H,29,32). The Kier molecular flexibility index (Phi) is 6.27. The lowest BCUT2D eigenvalue weighted by Crippen LogP contribution is -2.43. The van der Waals surface area contributed by atoms with E-state index in [-0.39, 0.29) is 24.3 Å². The molecule has 0 fully saturated rings. The molecule has 1 aliphatic rings. The molecule has 3 aromatic rings. The molecule has 1 heterocycles. The van der Waals surface area contributed by atoms with Crippen molar-refractivity contribution in [3.05, 3.63) is 102 Å². The molecular weight excluding hydrogens is 412 g/mol. The summed E-state index contributed by atoms with van der Waals surface area (Å²) in [5.74, 6) is 0.273. The average molecular weight is 441 g/mol. The number of amides is 2. The fraction of sp³-hybridized carbons (Fsp3) is 0.222. The molecule has 2 amide bonds. The lowest BCUT2D eigenvalue weighted by Gasteiger charge is -2.27. The van der Waals surface area contributed by atoms with Crippen molar-refractivity contribution < 1.29 is 9.59 Å². The maximum atomic E-state index is 13.8. The molecule has 6 heteroatoms. The van der Waals surface area contributed by atoms with Crippen LogP contribution in [0.2, 0.25) is 0 Å². The molecule has 168 valence electrons. The highest BCUT2D eigenvalue weighted by molar-refractivity contribution is 6.09. The fourth-order valence-electron chi connectivity index (χ4n) is 4.09. The normalized spacial score (nSPS) is 14.9. The first-order chi connectivity index (χ1) is 15.9. The van der Waals surface area contributed by atoms with Crippen LogP contribution in [0.25, 0.3) is 0 Å². The van der Waals surface area contributed by atoms with Crippen LogP contribution in [0.4, 0.5) is 5.69 Å². The number of hydrogen-bond donors (Lipinski definition) is 2. The van der Waals surface area contributed by atoms with Crippen LogP contribution in [-0.4, -0.2) is 22.7 Å². The third-order valence-corrected chi connectivity index (χ3v) is 5.67. The van der Waals surface area contributed by atoms with Crippen LogP contribution in [0.1, 0.15) is 37.0 Å². The minimum atomic E-state index is -1.21. The summed E-state index contributed by atoms with van der Waals surface area (Å²) in [6.07, 6.45) is 0.470. The predicted molar refractivity (Wildman–Crippen MR) is 130 cm³/mol. The van der Waals surface area contributed by atoms with Gasteiger partial charge in [0.2, 0.25) is 5.91 Å². The molecular formula is C27H28N4O2. The molecule has 0 radical (unpaired) electrons. The van der Waals surface area contributed by atoms with Crippen molar-refractivity contribution in [3.8, 4) is 0 Å². The summed E-state index contributed by atoms with van der Waals surface area (Å²) in [5.41, 5.74) is 8.26. The molecule has 1 aliphatic heterocycles. The van der Waals surface area contributed by atoms with Crippen molar-refractivity contribution in [1.82, 2.24) is 4.90 Å². The zero-order valence-corrected chi connectivity index (χ0v) is 18.9. The van der Waals surface area contributed by atoms with E-state index < -0.39 is 5.54 Å². The number of anilines is 1. The lowest BCUT2D eigenvalue weighted by atomic mass is 9.83. The Hall–Kier alpha value is -3.93. The molecule has 0 saturated heterocycles. The number of carbonyl (C=O) groups excluding carboxylic acids is 2.